The van der Waals surface area contributed by atoms with Gasteiger partial charge in [0.1, 0.15) is 0 Å². The molecule has 0 radical (unpaired) electrons. The van der Waals surface area contributed by atoms with Gasteiger partial charge in [0.25, 0.3) is 10.2 Å². The van der Waals surface area contributed by atoms with Crippen molar-refractivity contribution in [2.75, 3.05) is 26.2 Å². The Bertz CT molecular complexity index is 305. The zero-order valence-corrected chi connectivity index (χ0v) is 9.89. The first-order valence-corrected chi connectivity index (χ1v) is 7.05. The van der Waals surface area contributed by atoms with Gasteiger partial charge in [-0.25, -0.2) is 4.72 Å². The second kappa shape index (κ2) is 4.37. The number of rotatable bonds is 4. The molecule has 2 fully saturated rings. The molecule has 0 amide bonds. The topological polar surface area (TPSA) is 61.4 Å². The maximum absolute atomic E-state index is 11.8. The lowest BCUT2D eigenvalue weighted by molar-refractivity contribution is 0.438. The van der Waals surface area contributed by atoms with Crippen molar-refractivity contribution in [3.05, 3.63) is 0 Å². The van der Waals surface area contributed by atoms with E-state index in [4.69, 9.17) is 0 Å². The third-order valence-electron chi connectivity index (χ3n) is 3.20. The molecule has 0 aromatic carbocycles. The Morgan fingerprint density at radius 3 is 2.93 bits per heavy atom. The molecule has 0 saturated carbocycles. The van der Waals surface area contributed by atoms with Gasteiger partial charge in [-0.15, -0.1) is 0 Å². The highest BCUT2D eigenvalue weighted by Gasteiger charge is 2.40. The van der Waals surface area contributed by atoms with E-state index in [9.17, 15) is 8.42 Å². The Morgan fingerprint density at radius 1 is 1.47 bits per heavy atom. The van der Waals surface area contributed by atoms with Gasteiger partial charge in [0.05, 0.1) is 0 Å². The minimum absolute atomic E-state index is 0.378. The third kappa shape index (κ3) is 2.33. The fraction of sp³-hybridized carbons (Fsp3) is 1.00. The van der Waals surface area contributed by atoms with Crippen LogP contribution in [-0.4, -0.2) is 44.9 Å². The lowest BCUT2D eigenvalue weighted by Gasteiger charge is -2.17. The van der Waals surface area contributed by atoms with Gasteiger partial charge in [0.15, 0.2) is 0 Å². The maximum atomic E-state index is 11.8. The van der Waals surface area contributed by atoms with Crippen LogP contribution in [-0.2, 0) is 10.2 Å². The van der Waals surface area contributed by atoms with Crippen LogP contribution < -0.4 is 10.0 Å². The highest BCUT2D eigenvalue weighted by Crippen LogP contribution is 2.25. The lowest BCUT2D eigenvalue weighted by atomic mass is 10.1. The minimum atomic E-state index is -3.22. The first-order chi connectivity index (χ1) is 7.13. The summed E-state index contributed by atoms with van der Waals surface area (Å²) in [5, 5.41) is 3.34. The van der Waals surface area contributed by atoms with Gasteiger partial charge in [-0.1, -0.05) is 6.92 Å². The second-order valence-corrected chi connectivity index (χ2v) is 6.08. The van der Waals surface area contributed by atoms with Crippen LogP contribution in [0.5, 0.6) is 0 Å². The zero-order valence-electron chi connectivity index (χ0n) is 9.07. The number of nitrogens with zero attached hydrogens (tertiary/aromatic N) is 1. The summed E-state index contributed by atoms with van der Waals surface area (Å²) in [5.41, 5.74) is 0. The van der Waals surface area contributed by atoms with Crippen LogP contribution in [0.15, 0.2) is 0 Å². The average Bonchev–Trinajstić information content (AvgIpc) is 2.73. The summed E-state index contributed by atoms with van der Waals surface area (Å²) in [6.45, 7) is 4.83. The summed E-state index contributed by atoms with van der Waals surface area (Å²) < 4.78 is 27.8. The third-order valence-corrected chi connectivity index (χ3v) is 4.75. The van der Waals surface area contributed by atoms with Crippen molar-refractivity contribution >= 4 is 10.2 Å². The molecule has 0 spiro atoms. The predicted molar refractivity (Wildman–Crippen MR) is 58.7 cm³/mol. The quantitative estimate of drug-likeness (QED) is 0.690. The predicted octanol–water partition coefficient (Wildman–Crippen LogP) is -0.475. The molecule has 2 heterocycles. The lowest BCUT2D eigenvalue weighted by Crippen LogP contribution is -2.41. The minimum Gasteiger partial charge on any atom is -0.312 e. The average molecular weight is 233 g/mol. The summed E-state index contributed by atoms with van der Waals surface area (Å²) in [5.74, 6) is 0.517. The number of hydrogen-bond donors (Lipinski definition) is 2. The molecule has 6 heteroatoms. The maximum Gasteiger partial charge on any atom is 0.279 e. The Hall–Kier alpha value is -0.170. The first kappa shape index (κ1) is 11.3. The summed E-state index contributed by atoms with van der Waals surface area (Å²) in [6, 6.07) is 0.378. The van der Waals surface area contributed by atoms with Crippen molar-refractivity contribution < 1.29 is 8.42 Å². The SMILES string of the molecule is CCCNS(=O)(=O)N1C[C@@H]2CCN[C@@H]2C1. The second-order valence-electron chi connectivity index (χ2n) is 4.33. The van der Waals surface area contributed by atoms with Crippen molar-refractivity contribution in [2.45, 2.75) is 25.8 Å². The van der Waals surface area contributed by atoms with Crippen molar-refractivity contribution in [3.8, 4) is 0 Å². The molecule has 0 aromatic rings. The van der Waals surface area contributed by atoms with Crippen LogP contribution in [0.2, 0.25) is 0 Å². The molecule has 0 unspecified atom stereocenters. The van der Waals surface area contributed by atoms with Gasteiger partial charge >= 0.3 is 0 Å². The molecule has 2 N–H and O–H groups in total. The Labute approximate surface area is 91.4 Å². The van der Waals surface area contributed by atoms with E-state index in [0.717, 1.165) is 19.4 Å². The number of hydrogen-bond acceptors (Lipinski definition) is 3. The molecule has 2 aliphatic rings. The molecular formula is C9H19N3O2S. The molecule has 2 rings (SSSR count). The van der Waals surface area contributed by atoms with Crippen LogP contribution in [0.3, 0.4) is 0 Å². The summed E-state index contributed by atoms with van der Waals surface area (Å²) in [4.78, 5) is 0. The normalized spacial score (nSPS) is 32.1. The largest absolute Gasteiger partial charge is 0.312 e. The van der Waals surface area contributed by atoms with E-state index in [1.807, 2.05) is 6.92 Å². The molecule has 88 valence electrons. The van der Waals surface area contributed by atoms with E-state index in [2.05, 4.69) is 10.0 Å². The molecule has 15 heavy (non-hydrogen) atoms. The Balaban J connectivity index is 1.95. The standard InChI is InChI=1S/C9H19N3O2S/c1-2-4-11-15(13,14)12-6-8-3-5-10-9(8)7-12/h8-11H,2-7H2,1H3/t8-,9+/m0/s1. The Kier molecular flexibility index (Phi) is 3.30. The molecule has 0 aliphatic carbocycles. The molecule has 5 nitrogen and oxygen atoms in total. The van der Waals surface area contributed by atoms with Crippen LogP contribution in [0.4, 0.5) is 0 Å². The fourth-order valence-electron chi connectivity index (χ4n) is 2.33. The molecule has 2 aliphatic heterocycles. The fourth-order valence-corrected chi connectivity index (χ4v) is 3.72. The van der Waals surface area contributed by atoms with Crippen molar-refractivity contribution in [3.63, 3.8) is 0 Å². The van der Waals surface area contributed by atoms with Crippen LogP contribution >= 0.6 is 0 Å². The highest BCUT2D eigenvalue weighted by molar-refractivity contribution is 7.87. The Morgan fingerprint density at radius 2 is 2.27 bits per heavy atom. The zero-order chi connectivity index (χ0) is 10.9. The number of fused-ring (bicyclic) bond motifs is 1. The van der Waals surface area contributed by atoms with E-state index in [0.29, 0.717) is 31.6 Å². The smallest absolute Gasteiger partial charge is 0.279 e. The molecule has 0 aromatic heterocycles. The summed E-state index contributed by atoms with van der Waals surface area (Å²) in [6.07, 6.45) is 1.93. The van der Waals surface area contributed by atoms with Crippen molar-refractivity contribution in [2.24, 2.45) is 5.92 Å². The van der Waals surface area contributed by atoms with E-state index < -0.39 is 10.2 Å². The van der Waals surface area contributed by atoms with Gasteiger partial charge in [-0.3, -0.25) is 0 Å². The first-order valence-electron chi connectivity index (χ1n) is 5.61. The van der Waals surface area contributed by atoms with Gasteiger partial charge < -0.3 is 5.32 Å². The van der Waals surface area contributed by atoms with E-state index in [1.165, 1.54) is 0 Å². The summed E-state index contributed by atoms with van der Waals surface area (Å²) >= 11 is 0. The van der Waals surface area contributed by atoms with Gasteiger partial charge in [-0.2, -0.15) is 12.7 Å². The van der Waals surface area contributed by atoms with Crippen molar-refractivity contribution in [1.82, 2.24) is 14.3 Å². The monoisotopic (exact) mass is 233 g/mol. The molecule has 0 bridgehead atoms. The molecule has 2 atom stereocenters. The summed E-state index contributed by atoms with van der Waals surface area (Å²) in [7, 11) is -3.22. The van der Waals surface area contributed by atoms with E-state index in [-0.39, 0.29) is 0 Å². The van der Waals surface area contributed by atoms with Crippen LogP contribution in [0.1, 0.15) is 19.8 Å². The molecular weight excluding hydrogens is 214 g/mol. The number of nitrogens with one attached hydrogen (secondary N) is 2. The van der Waals surface area contributed by atoms with Gasteiger partial charge in [-0.05, 0) is 25.3 Å². The van der Waals surface area contributed by atoms with Gasteiger partial charge in [0, 0.05) is 25.7 Å². The van der Waals surface area contributed by atoms with Crippen LogP contribution in [0.25, 0.3) is 0 Å². The molecule has 2 saturated heterocycles. The van der Waals surface area contributed by atoms with Gasteiger partial charge in [0.2, 0.25) is 0 Å². The van der Waals surface area contributed by atoms with Crippen LogP contribution in [0, 0.1) is 5.92 Å². The van der Waals surface area contributed by atoms with E-state index >= 15 is 0 Å². The van der Waals surface area contributed by atoms with E-state index in [1.54, 1.807) is 4.31 Å². The van der Waals surface area contributed by atoms with Crippen molar-refractivity contribution in [1.29, 1.82) is 0 Å². The highest BCUT2D eigenvalue weighted by atomic mass is 32.2.